The molecule has 4 aromatic rings. The second-order valence-electron chi connectivity index (χ2n) is 6.99. The standard InChI is InChI=1S/C22H22FN5O2/c1-30-11-10-28-14-16(18-4-2-3-5-19(18)28)13-21(29)25-22-24-20(26-27-22)12-15-6-8-17(23)9-7-15/h2-9,14H,10-13H2,1H3,(H2,24,25,26,27,29). The van der Waals surface area contributed by atoms with Gasteiger partial charge in [0.2, 0.25) is 11.9 Å². The number of nitrogens with zero attached hydrogens (tertiary/aromatic N) is 3. The summed E-state index contributed by atoms with van der Waals surface area (Å²) < 4.78 is 20.3. The minimum absolute atomic E-state index is 0.197. The van der Waals surface area contributed by atoms with Crippen LogP contribution in [-0.2, 0) is 28.9 Å². The highest BCUT2D eigenvalue weighted by Gasteiger charge is 2.14. The molecule has 30 heavy (non-hydrogen) atoms. The number of methoxy groups -OCH3 is 1. The smallest absolute Gasteiger partial charge is 0.248 e. The first-order chi connectivity index (χ1) is 14.6. The van der Waals surface area contributed by atoms with Crippen LogP contribution >= 0.6 is 0 Å². The average Bonchev–Trinajstić information content (AvgIpc) is 3.32. The number of aromatic nitrogens is 4. The summed E-state index contributed by atoms with van der Waals surface area (Å²) in [5.74, 6) is 0.332. The first-order valence-corrected chi connectivity index (χ1v) is 9.63. The van der Waals surface area contributed by atoms with Crippen LogP contribution in [0.15, 0.2) is 54.7 Å². The van der Waals surface area contributed by atoms with Gasteiger partial charge in [-0.05, 0) is 29.3 Å². The maximum atomic E-state index is 13.0. The van der Waals surface area contributed by atoms with Crippen molar-refractivity contribution in [2.75, 3.05) is 19.0 Å². The molecule has 0 radical (unpaired) electrons. The fourth-order valence-electron chi connectivity index (χ4n) is 3.41. The van der Waals surface area contributed by atoms with E-state index in [1.807, 2.05) is 30.5 Å². The van der Waals surface area contributed by atoms with E-state index in [0.29, 0.717) is 25.4 Å². The molecule has 2 heterocycles. The molecule has 0 aliphatic heterocycles. The molecule has 0 saturated carbocycles. The Hall–Kier alpha value is -3.52. The number of carbonyl (C=O) groups excluding carboxylic acids is 1. The van der Waals surface area contributed by atoms with Crippen LogP contribution in [0.25, 0.3) is 10.9 Å². The predicted octanol–water partition coefficient (Wildman–Crippen LogP) is 3.32. The molecule has 0 saturated heterocycles. The molecule has 0 fully saturated rings. The Kier molecular flexibility index (Phi) is 5.85. The van der Waals surface area contributed by atoms with Gasteiger partial charge >= 0.3 is 0 Å². The summed E-state index contributed by atoms with van der Waals surface area (Å²) in [5.41, 5.74) is 2.90. The van der Waals surface area contributed by atoms with Gasteiger partial charge in [0.15, 0.2) is 0 Å². The fraction of sp³-hybridized carbons (Fsp3) is 0.227. The quantitative estimate of drug-likeness (QED) is 0.469. The monoisotopic (exact) mass is 407 g/mol. The van der Waals surface area contributed by atoms with Gasteiger partial charge in [-0.15, -0.1) is 5.10 Å². The molecule has 0 bridgehead atoms. The Labute approximate surface area is 172 Å². The van der Waals surface area contributed by atoms with E-state index in [9.17, 15) is 9.18 Å². The van der Waals surface area contributed by atoms with Crippen molar-refractivity contribution in [3.05, 3.63) is 77.5 Å². The van der Waals surface area contributed by atoms with Gasteiger partial charge in [-0.25, -0.2) is 4.39 Å². The third kappa shape index (κ3) is 4.55. The molecule has 2 N–H and O–H groups in total. The number of hydrogen-bond donors (Lipinski definition) is 2. The number of ether oxygens (including phenoxy) is 1. The van der Waals surface area contributed by atoms with Gasteiger partial charge in [0.25, 0.3) is 0 Å². The van der Waals surface area contributed by atoms with Crippen molar-refractivity contribution in [3.63, 3.8) is 0 Å². The number of carbonyl (C=O) groups is 1. The fourth-order valence-corrected chi connectivity index (χ4v) is 3.41. The van der Waals surface area contributed by atoms with Crippen LogP contribution in [0.5, 0.6) is 0 Å². The number of amides is 1. The second kappa shape index (κ2) is 8.87. The number of benzene rings is 2. The van der Waals surface area contributed by atoms with Crippen molar-refractivity contribution < 1.29 is 13.9 Å². The van der Waals surface area contributed by atoms with E-state index in [0.717, 1.165) is 22.0 Å². The van der Waals surface area contributed by atoms with Gasteiger partial charge in [0.1, 0.15) is 11.6 Å². The lowest BCUT2D eigenvalue weighted by Crippen LogP contribution is -2.15. The molecule has 1 amide bonds. The second-order valence-corrected chi connectivity index (χ2v) is 6.99. The van der Waals surface area contributed by atoms with Crippen molar-refractivity contribution in [1.82, 2.24) is 19.7 Å². The van der Waals surface area contributed by atoms with Crippen molar-refractivity contribution in [2.24, 2.45) is 0 Å². The number of rotatable bonds is 8. The summed E-state index contributed by atoms with van der Waals surface area (Å²) in [5, 5.41) is 10.6. The Balaban J connectivity index is 1.43. The normalized spacial score (nSPS) is 11.1. The van der Waals surface area contributed by atoms with E-state index in [2.05, 4.69) is 25.1 Å². The molecule has 0 atom stereocenters. The first kappa shape index (κ1) is 19.8. The van der Waals surface area contributed by atoms with E-state index >= 15 is 0 Å². The van der Waals surface area contributed by atoms with Gasteiger partial charge < -0.3 is 9.30 Å². The molecule has 0 aliphatic rings. The topological polar surface area (TPSA) is 84.8 Å². The minimum Gasteiger partial charge on any atom is -0.383 e. The van der Waals surface area contributed by atoms with E-state index in [1.54, 1.807) is 19.2 Å². The van der Waals surface area contributed by atoms with Crippen LogP contribution in [0.2, 0.25) is 0 Å². The molecule has 8 heteroatoms. The van der Waals surface area contributed by atoms with Gasteiger partial charge in [-0.3, -0.25) is 15.2 Å². The van der Waals surface area contributed by atoms with Gasteiger partial charge in [-0.1, -0.05) is 30.3 Å². The number of H-pyrrole nitrogens is 1. The lowest BCUT2D eigenvalue weighted by atomic mass is 10.1. The molecule has 154 valence electrons. The molecule has 4 rings (SSSR count). The minimum atomic E-state index is -0.284. The molecule has 2 aromatic heterocycles. The molecule has 0 spiro atoms. The van der Waals surface area contributed by atoms with Gasteiger partial charge in [-0.2, -0.15) is 4.98 Å². The summed E-state index contributed by atoms with van der Waals surface area (Å²) in [7, 11) is 1.67. The zero-order valence-electron chi connectivity index (χ0n) is 16.6. The third-order valence-electron chi connectivity index (χ3n) is 4.83. The number of para-hydroxylation sites is 1. The Morgan fingerprint density at radius 1 is 1.20 bits per heavy atom. The van der Waals surface area contributed by atoms with Crippen LogP contribution in [0.1, 0.15) is 17.0 Å². The lowest BCUT2D eigenvalue weighted by Gasteiger charge is -2.03. The average molecular weight is 407 g/mol. The molecule has 7 nitrogen and oxygen atoms in total. The molecular formula is C22H22FN5O2. The van der Waals surface area contributed by atoms with Crippen LogP contribution in [0, 0.1) is 5.82 Å². The Bertz CT molecular complexity index is 1150. The molecular weight excluding hydrogens is 385 g/mol. The van der Waals surface area contributed by atoms with Crippen molar-refractivity contribution >= 4 is 22.8 Å². The van der Waals surface area contributed by atoms with Crippen LogP contribution < -0.4 is 5.32 Å². The van der Waals surface area contributed by atoms with Crippen LogP contribution in [0.3, 0.4) is 0 Å². The summed E-state index contributed by atoms with van der Waals surface area (Å²) in [6, 6.07) is 14.2. The van der Waals surface area contributed by atoms with Crippen molar-refractivity contribution in [3.8, 4) is 0 Å². The first-order valence-electron chi connectivity index (χ1n) is 9.63. The number of halogens is 1. The third-order valence-corrected chi connectivity index (χ3v) is 4.83. The van der Waals surface area contributed by atoms with Crippen LogP contribution in [-0.4, -0.2) is 39.4 Å². The van der Waals surface area contributed by atoms with Crippen molar-refractivity contribution in [2.45, 2.75) is 19.4 Å². The highest BCUT2D eigenvalue weighted by atomic mass is 19.1. The van der Waals surface area contributed by atoms with E-state index in [4.69, 9.17) is 4.74 Å². The maximum Gasteiger partial charge on any atom is 0.248 e. The number of aromatic amines is 1. The summed E-state index contributed by atoms with van der Waals surface area (Å²) in [6.45, 7) is 1.31. The Morgan fingerprint density at radius 3 is 2.80 bits per heavy atom. The van der Waals surface area contributed by atoms with E-state index in [1.165, 1.54) is 12.1 Å². The molecule has 2 aromatic carbocycles. The maximum absolute atomic E-state index is 13.0. The molecule has 0 aliphatic carbocycles. The number of nitrogens with one attached hydrogen (secondary N) is 2. The highest BCUT2D eigenvalue weighted by Crippen LogP contribution is 2.22. The summed E-state index contributed by atoms with van der Waals surface area (Å²) in [4.78, 5) is 16.9. The number of fused-ring (bicyclic) bond motifs is 1. The van der Waals surface area contributed by atoms with Crippen LogP contribution in [0.4, 0.5) is 10.3 Å². The summed E-state index contributed by atoms with van der Waals surface area (Å²) >= 11 is 0. The number of hydrogen-bond acceptors (Lipinski definition) is 4. The van der Waals surface area contributed by atoms with Crippen molar-refractivity contribution in [1.29, 1.82) is 0 Å². The lowest BCUT2D eigenvalue weighted by molar-refractivity contribution is -0.115. The van der Waals surface area contributed by atoms with Gasteiger partial charge in [0, 0.05) is 37.2 Å². The SMILES string of the molecule is COCCn1cc(CC(=O)Nc2n[nH]c(Cc3ccc(F)cc3)n2)c2ccccc21. The number of anilines is 1. The van der Waals surface area contributed by atoms with E-state index in [-0.39, 0.29) is 24.1 Å². The zero-order valence-corrected chi connectivity index (χ0v) is 16.6. The summed E-state index contributed by atoms with van der Waals surface area (Å²) in [6.07, 6.45) is 2.67. The van der Waals surface area contributed by atoms with E-state index < -0.39 is 0 Å². The van der Waals surface area contributed by atoms with Gasteiger partial charge in [0.05, 0.1) is 13.0 Å². The zero-order chi connectivity index (χ0) is 20.9. The molecule has 0 unspecified atom stereocenters. The highest BCUT2D eigenvalue weighted by molar-refractivity contribution is 5.94. The predicted molar refractivity (Wildman–Crippen MR) is 112 cm³/mol. The Morgan fingerprint density at radius 2 is 2.00 bits per heavy atom. The largest absolute Gasteiger partial charge is 0.383 e.